The molecule has 2 rings (SSSR count). The molecule has 1 aliphatic heterocycles. The van der Waals surface area contributed by atoms with Gasteiger partial charge < -0.3 is 24.1 Å². The standard InChI is InChI=1S/C34H58F2O7/c1-5-6-7-15-22-34(35,36)31(38)21-20-28-27(17-12-10-8-9-11-13-18-32(39)41-25(2)3)29(42-26(4)37)24-30(28)43-33-19-14-16-23-40-33/h20-21,25,27-31,33,38H,5-19,22-24H2,1-4H3/t27?,28-,29-,30-,31?,33?/m1/s1. The third kappa shape index (κ3) is 14.8. The van der Waals surface area contributed by atoms with E-state index >= 15 is 0 Å². The molecule has 0 aromatic heterocycles. The van der Waals surface area contributed by atoms with Crippen LogP contribution in [0.5, 0.6) is 0 Å². The fourth-order valence-electron chi connectivity index (χ4n) is 6.23. The number of carbonyl (C=O) groups excluding carboxylic acids is 2. The Morgan fingerprint density at radius 2 is 1.70 bits per heavy atom. The number of aliphatic hydroxyl groups excluding tert-OH is 1. The number of ether oxygens (including phenoxy) is 4. The number of unbranched alkanes of at least 4 members (excludes halogenated alkanes) is 8. The SMILES string of the molecule is CCCCCCC(F)(F)C(O)C=C[C@@H]1C(CCCCCCCCC(=O)OC(C)C)[C@H](OC(C)=O)C[C@H]1OC1CCCCO1. The minimum atomic E-state index is -3.21. The summed E-state index contributed by atoms with van der Waals surface area (Å²) in [4.78, 5) is 23.7. The quantitative estimate of drug-likeness (QED) is 0.0792. The van der Waals surface area contributed by atoms with Crippen LogP contribution in [0.25, 0.3) is 0 Å². The number of hydrogen-bond acceptors (Lipinski definition) is 7. The van der Waals surface area contributed by atoms with Gasteiger partial charge in [-0.1, -0.05) is 70.4 Å². The zero-order valence-corrected chi connectivity index (χ0v) is 27.1. The van der Waals surface area contributed by atoms with Crippen molar-refractivity contribution in [1.82, 2.24) is 0 Å². The van der Waals surface area contributed by atoms with E-state index in [0.717, 1.165) is 83.5 Å². The second-order valence-corrected chi connectivity index (χ2v) is 12.7. The average molecular weight is 617 g/mol. The van der Waals surface area contributed by atoms with Gasteiger partial charge in [0.25, 0.3) is 5.92 Å². The van der Waals surface area contributed by atoms with E-state index in [0.29, 0.717) is 25.9 Å². The molecule has 0 amide bonds. The molecule has 1 heterocycles. The van der Waals surface area contributed by atoms with Crippen LogP contribution in [0.1, 0.15) is 137 Å². The van der Waals surface area contributed by atoms with E-state index in [1.54, 1.807) is 6.08 Å². The van der Waals surface area contributed by atoms with Gasteiger partial charge in [-0.3, -0.25) is 9.59 Å². The monoisotopic (exact) mass is 616 g/mol. The van der Waals surface area contributed by atoms with Gasteiger partial charge >= 0.3 is 11.9 Å². The smallest absolute Gasteiger partial charge is 0.306 e. The Morgan fingerprint density at radius 3 is 2.35 bits per heavy atom. The zero-order valence-electron chi connectivity index (χ0n) is 27.1. The summed E-state index contributed by atoms with van der Waals surface area (Å²) < 4.78 is 52.6. The zero-order chi connectivity index (χ0) is 31.7. The molecule has 3 unspecified atom stereocenters. The van der Waals surface area contributed by atoms with E-state index in [4.69, 9.17) is 18.9 Å². The van der Waals surface area contributed by atoms with E-state index in [-0.39, 0.29) is 54.8 Å². The number of esters is 2. The summed E-state index contributed by atoms with van der Waals surface area (Å²) in [6.07, 6.45) is 12.5. The molecule has 0 bridgehead atoms. The van der Waals surface area contributed by atoms with Crippen molar-refractivity contribution in [2.45, 2.75) is 173 Å². The summed E-state index contributed by atoms with van der Waals surface area (Å²) in [5, 5.41) is 10.5. The summed E-state index contributed by atoms with van der Waals surface area (Å²) in [5.74, 6) is -4.12. The van der Waals surface area contributed by atoms with E-state index < -0.39 is 12.0 Å². The normalized spacial score (nSPS) is 25.3. The third-order valence-electron chi connectivity index (χ3n) is 8.50. The Labute approximate surface area is 258 Å². The van der Waals surface area contributed by atoms with Crippen LogP contribution in [0, 0.1) is 11.8 Å². The van der Waals surface area contributed by atoms with Gasteiger partial charge in [-0.15, -0.1) is 0 Å². The molecule has 1 aliphatic carbocycles. The van der Waals surface area contributed by atoms with Gasteiger partial charge in [-0.05, 0) is 52.4 Å². The summed E-state index contributed by atoms with van der Waals surface area (Å²) in [6, 6.07) is 0. The number of carbonyl (C=O) groups is 2. The van der Waals surface area contributed by atoms with E-state index in [1.165, 1.54) is 13.0 Å². The van der Waals surface area contributed by atoms with Gasteiger partial charge in [0.15, 0.2) is 6.29 Å². The molecule has 0 aromatic rings. The fourth-order valence-corrected chi connectivity index (χ4v) is 6.23. The first kappa shape index (κ1) is 37.6. The molecule has 1 saturated heterocycles. The predicted octanol–water partition coefficient (Wildman–Crippen LogP) is 8.06. The maximum Gasteiger partial charge on any atom is 0.306 e. The molecule has 0 spiro atoms. The van der Waals surface area contributed by atoms with Gasteiger partial charge in [-0.2, -0.15) is 0 Å². The van der Waals surface area contributed by atoms with Crippen molar-refractivity contribution >= 4 is 11.9 Å². The summed E-state index contributed by atoms with van der Waals surface area (Å²) in [5.41, 5.74) is 0. The molecular formula is C34H58F2O7. The van der Waals surface area contributed by atoms with Crippen LogP contribution in [0.4, 0.5) is 8.78 Å². The summed E-state index contributed by atoms with van der Waals surface area (Å²) in [7, 11) is 0. The Bertz CT molecular complexity index is 813. The molecule has 0 radical (unpaired) electrons. The van der Waals surface area contributed by atoms with Crippen LogP contribution in [0.15, 0.2) is 12.2 Å². The van der Waals surface area contributed by atoms with E-state index in [2.05, 4.69) is 0 Å². The second-order valence-electron chi connectivity index (χ2n) is 12.7. The molecule has 1 saturated carbocycles. The van der Waals surface area contributed by atoms with Gasteiger partial charge in [0.1, 0.15) is 12.2 Å². The average Bonchev–Trinajstić information content (AvgIpc) is 3.25. The van der Waals surface area contributed by atoms with Crippen LogP contribution >= 0.6 is 0 Å². The Hall–Kier alpha value is -1.58. The predicted molar refractivity (Wildman–Crippen MR) is 163 cm³/mol. The summed E-state index contributed by atoms with van der Waals surface area (Å²) >= 11 is 0. The highest BCUT2D eigenvalue weighted by Gasteiger charge is 2.46. The van der Waals surface area contributed by atoms with Crippen molar-refractivity contribution in [2.75, 3.05) is 6.61 Å². The van der Waals surface area contributed by atoms with Crippen molar-refractivity contribution in [1.29, 1.82) is 0 Å². The van der Waals surface area contributed by atoms with Crippen molar-refractivity contribution in [3.05, 3.63) is 12.2 Å². The first-order chi connectivity index (χ1) is 20.5. The lowest BCUT2D eigenvalue weighted by Gasteiger charge is -2.29. The van der Waals surface area contributed by atoms with Gasteiger partial charge in [0.2, 0.25) is 0 Å². The Morgan fingerprint density at radius 1 is 1.00 bits per heavy atom. The molecular weight excluding hydrogens is 558 g/mol. The van der Waals surface area contributed by atoms with E-state index in [1.807, 2.05) is 20.8 Å². The first-order valence-corrected chi connectivity index (χ1v) is 16.9. The number of rotatable bonds is 21. The van der Waals surface area contributed by atoms with Crippen molar-refractivity contribution in [3.63, 3.8) is 0 Å². The Kier molecular flexibility index (Phi) is 17.9. The second kappa shape index (κ2) is 20.5. The summed E-state index contributed by atoms with van der Waals surface area (Å²) in [6.45, 7) is 7.73. The highest BCUT2D eigenvalue weighted by Crippen LogP contribution is 2.42. The topological polar surface area (TPSA) is 91.3 Å². The van der Waals surface area contributed by atoms with Crippen LogP contribution in [-0.2, 0) is 28.5 Å². The van der Waals surface area contributed by atoms with E-state index in [9.17, 15) is 23.5 Å². The number of halogens is 2. The lowest BCUT2D eigenvalue weighted by Crippen LogP contribution is -2.33. The number of aliphatic hydroxyl groups is 1. The van der Waals surface area contributed by atoms with Crippen LogP contribution in [-0.4, -0.2) is 60.3 Å². The third-order valence-corrected chi connectivity index (χ3v) is 8.50. The lowest BCUT2D eigenvalue weighted by atomic mass is 9.87. The van der Waals surface area contributed by atoms with Crippen molar-refractivity contribution in [3.8, 4) is 0 Å². The lowest BCUT2D eigenvalue weighted by molar-refractivity contribution is -0.193. The molecule has 9 heteroatoms. The fraction of sp³-hybridized carbons (Fsp3) is 0.882. The van der Waals surface area contributed by atoms with Gasteiger partial charge in [0.05, 0.1) is 12.2 Å². The first-order valence-electron chi connectivity index (χ1n) is 16.9. The molecule has 1 N–H and O–H groups in total. The molecule has 2 aliphatic rings. The van der Waals surface area contributed by atoms with Crippen LogP contribution in [0.2, 0.25) is 0 Å². The number of alkyl halides is 2. The maximum atomic E-state index is 14.8. The Balaban J connectivity index is 2.01. The number of hydrogen-bond donors (Lipinski definition) is 1. The van der Waals surface area contributed by atoms with Gasteiger partial charge in [-0.25, -0.2) is 8.78 Å². The largest absolute Gasteiger partial charge is 0.463 e. The molecule has 250 valence electrons. The van der Waals surface area contributed by atoms with Crippen molar-refractivity contribution < 1.29 is 42.4 Å². The van der Waals surface area contributed by atoms with Crippen molar-refractivity contribution in [2.24, 2.45) is 11.8 Å². The highest BCUT2D eigenvalue weighted by molar-refractivity contribution is 5.69. The molecule has 7 nitrogen and oxygen atoms in total. The minimum absolute atomic E-state index is 0.0898. The molecule has 6 atom stereocenters. The van der Waals surface area contributed by atoms with Crippen LogP contribution < -0.4 is 0 Å². The molecule has 2 fully saturated rings. The van der Waals surface area contributed by atoms with Crippen LogP contribution in [0.3, 0.4) is 0 Å². The molecule has 43 heavy (non-hydrogen) atoms. The van der Waals surface area contributed by atoms with Gasteiger partial charge in [0, 0.05) is 44.6 Å². The minimum Gasteiger partial charge on any atom is -0.463 e. The maximum absolute atomic E-state index is 14.8. The highest BCUT2D eigenvalue weighted by atomic mass is 19.3. The molecule has 0 aromatic carbocycles.